The Balaban J connectivity index is 2.43. The third-order valence-electron chi connectivity index (χ3n) is 4.09. The van der Waals surface area contributed by atoms with E-state index in [2.05, 4.69) is 24.5 Å². The van der Waals surface area contributed by atoms with E-state index in [1.54, 1.807) is 0 Å². The summed E-state index contributed by atoms with van der Waals surface area (Å²) in [7, 11) is 0. The van der Waals surface area contributed by atoms with Crippen LogP contribution in [-0.2, 0) is 9.47 Å². The zero-order valence-corrected chi connectivity index (χ0v) is 15.6. The van der Waals surface area contributed by atoms with E-state index in [9.17, 15) is 4.79 Å². The van der Waals surface area contributed by atoms with E-state index in [0.717, 1.165) is 45.1 Å². The lowest BCUT2D eigenvalue weighted by Crippen LogP contribution is -2.49. The smallest absolute Gasteiger partial charge is 0.407 e. The van der Waals surface area contributed by atoms with Gasteiger partial charge in [-0.2, -0.15) is 0 Å². The fraction of sp³-hybridized carbons (Fsp3) is 0.944. The van der Waals surface area contributed by atoms with Crippen LogP contribution < -0.4 is 10.6 Å². The van der Waals surface area contributed by atoms with Gasteiger partial charge in [0.05, 0.1) is 6.10 Å². The van der Waals surface area contributed by atoms with Crippen molar-refractivity contribution in [3.63, 3.8) is 0 Å². The minimum absolute atomic E-state index is 0.295. The number of rotatable bonds is 8. The molecule has 0 aliphatic carbocycles. The van der Waals surface area contributed by atoms with E-state index in [0.29, 0.717) is 24.7 Å². The number of unbranched alkanes of at least 4 members (excludes halogenated alkanes) is 1. The predicted octanol–water partition coefficient (Wildman–Crippen LogP) is 3.62. The summed E-state index contributed by atoms with van der Waals surface area (Å²) >= 11 is 0. The average molecular weight is 328 g/mol. The van der Waals surface area contributed by atoms with Crippen LogP contribution in [0.1, 0.15) is 73.1 Å². The molecule has 3 atom stereocenters. The first kappa shape index (κ1) is 20.2. The highest BCUT2D eigenvalue weighted by Crippen LogP contribution is 2.17. The van der Waals surface area contributed by atoms with Gasteiger partial charge in [-0.25, -0.2) is 4.79 Å². The Kier molecular flexibility index (Phi) is 8.92. The van der Waals surface area contributed by atoms with Crippen molar-refractivity contribution >= 4 is 6.09 Å². The summed E-state index contributed by atoms with van der Waals surface area (Å²) in [4.78, 5) is 11.8. The maximum atomic E-state index is 11.8. The van der Waals surface area contributed by atoms with Crippen molar-refractivity contribution in [3.8, 4) is 0 Å². The van der Waals surface area contributed by atoms with Gasteiger partial charge in [0.1, 0.15) is 5.60 Å². The van der Waals surface area contributed by atoms with E-state index in [1.165, 1.54) is 0 Å². The van der Waals surface area contributed by atoms with E-state index >= 15 is 0 Å². The molecule has 1 amide bonds. The summed E-state index contributed by atoms with van der Waals surface area (Å²) in [5, 5.41) is 6.63. The molecule has 0 saturated carbocycles. The molecule has 1 saturated heterocycles. The molecular formula is C18H36N2O3. The van der Waals surface area contributed by atoms with Gasteiger partial charge in [0.25, 0.3) is 0 Å². The van der Waals surface area contributed by atoms with Gasteiger partial charge < -0.3 is 20.1 Å². The molecule has 1 aliphatic rings. The van der Waals surface area contributed by atoms with Crippen LogP contribution in [0.5, 0.6) is 0 Å². The van der Waals surface area contributed by atoms with Crippen LogP contribution in [0.15, 0.2) is 0 Å². The Morgan fingerprint density at radius 1 is 1.35 bits per heavy atom. The number of amides is 1. The van der Waals surface area contributed by atoms with Gasteiger partial charge >= 0.3 is 6.09 Å². The van der Waals surface area contributed by atoms with E-state index in [4.69, 9.17) is 9.47 Å². The molecule has 0 aromatic heterocycles. The van der Waals surface area contributed by atoms with Crippen LogP contribution >= 0.6 is 0 Å². The van der Waals surface area contributed by atoms with Gasteiger partial charge in [0, 0.05) is 25.2 Å². The van der Waals surface area contributed by atoms with E-state index < -0.39 is 5.60 Å². The van der Waals surface area contributed by atoms with Crippen molar-refractivity contribution in [2.75, 3.05) is 13.2 Å². The van der Waals surface area contributed by atoms with Gasteiger partial charge in [0.2, 0.25) is 0 Å². The molecular weight excluding hydrogens is 292 g/mol. The van der Waals surface area contributed by atoms with Crippen LogP contribution in [0.3, 0.4) is 0 Å². The Hall–Kier alpha value is -0.810. The molecule has 136 valence electrons. The third kappa shape index (κ3) is 9.16. The molecule has 0 radical (unpaired) electrons. The molecule has 2 N–H and O–H groups in total. The Labute approximate surface area is 141 Å². The normalized spacial score (nSPS) is 23.3. The second-order valence-electron chi connectivity index (χ2n) is 7.51. The lowest BCUT2D eigenvalue weighted by atomic mass is 9.99. The summed E-state index contributed by atoms with van der Waals surface area (Å²) in [6.45, 7) is 11.5. The number of nitrogens with one attached hydrogen (secondary N) is 2. The summed E-state index contributed by atoms with van der Waals surface area (Å²) in [6, 6.07) is 0.777. The number of carbonyl (C=O) groups excluding carboxylic acids is 1. The zero-order valence-electron chi connectivity index (χ0n) is 15.6. The Morgan fingerprint density at radius 3 is 2.70 bits per heavy atom. The monoisotopic (exact) mass is 328 g/mol. The highest BCUT2D eigenvalue weighted by atomic mass is 16.6. The minimum Gasteiger partial charge on any atom is -0.444 e. The van der Waals surface area contributed by atoms with Gasteiger partial charge in [-0.1, -0.05) is 26.7 Å². The van der Waals surface area contributed by atoms with Gasteiger partial charge in [-0.15, -0.1) is 0 Å². The molecule has 23 heavy (non-hydrogen) atoms. The molecule has 3 unspecified atom stereocenters. The van der Waals surface area contributed by atoms with Crippen LogP contribution in [0.2, 0.25) is 0 Å². The molecule has 0 bridgehead atoms. The molecule has 0 aromatic rings. The molecule has 5 nitrogen and oxygen atoms in total. The van der Waals surface area contributed by atoms with Crippen LogP contribution in [0.25, 0.3) is 0 Å². The maximum absolute atomic E-state index is 11.8. The fourth-order valence-corrected chi connectivity index (χ4v) is 2.86. The van der Waals surface area contributed by atoms with Crippen molar-refractivity contribution in [1.29, 1.82) is 0 Å². The van der Waals surface area contributed by atoms with Gasteiger partial charge in [-0.05, 0) is 46.5 Å². The summed E-state index contributed by atoms with van der Waals surface area (Å²) < 4.78 is 11.1. The van der Waals surface area contributed by atoms with Crippen molar-refractivity contribution in [2.45, 2.75) is 96.9 Å². The average Bonchev–Trinajstić information content (AvgIpc) is 2.48. The highest BCUT2D eigenvalue weighted by molar-refractivity contribution is 5.67. The van der Waals surface area contributed by atoms with Crippen LogP contribution in [0.4, 0.5) is 4.79 Å². The lowest BCUT2D eigenvalue weighted by molar-refractivity contribution is -0.00232. The number of carbonyl (C=O) groups is 1. The first-order chi connectivity index (χ1) is 10.8. The topological polar surface area (TPSA) is 59.6 Å². The zero-order chi connectivity index (χ0) is 17.3. The third-order valence-corrected chi connectivity index (χ3v) is 4.09. The summed E-state index contributed by atoms with van der Waals surface area (Å²) in [6.07, 6.45) is 6.60. The molecule has 1 fully saturated rings. The minimum atomic E-state index is -0.453. The van der Waals surface area contributed by atoms with Gasteiger partial charge in [0.15, 0.2) is 0 Å². The second-order valence-corrected chi connectivity index (χ2v) is 7.51. The number of ether oxygens (including phenoxy) is 2. The quantitative estimate of drug-likeness (QED) is 0.714. The number of hydrogen-bond donors (Lipinski definition) is 2. The van der Waals surface area contributed by atoms with E-state index in [1.807, 2.05) is 20.8 Å². The van der Waals surface area contributed by atoms with Crippen molar-refractivity contribution in [3.05, 3.63) is 0 Å². The number of alkyl carbamates (subject to hydrolysis) is 1. The molecule has 1 aliphatic heterocycles. The Morgan fingerprint density at radius 2 is 2.09 bits per heavy atom. The molecule has 1 heterocycles. The summed E-state index contributed by atoms with van der Waals surface area (Å²) in [5.41, 5.74) is -0.453. The first-order valence-electron chi connectivity index (χ1n) is 9.18. The molecule has 0 spiro atoms. The standard InChI is InChI=1S/C18H36N2O3/c1-6-8-9-15(13-19-17(21)23-18(3,4)5)20-14-10-11-22-16(7-2)12-14/h14-16,20H,6-13H2,1-5H3,(H,19,21). The fourth-order valence-electron chi connectivity index (χ4n) is 2.86. The van der Waals surface area contributed by atoms with Crippen molar-refractivity contribution < 1.29 is 14.3 Å². The van der Waals surface area contributed by atoms with Crippen molar-refractivity contribution in [1.82, 2.24) is 10.6 Å². The second kappa shape index (κ2) is 10.1. The number of hydrogen-bond acceptors (Lipinski definition) is 4. The van der Waals surface area contributed by atoms with Crippen LogP contribution in [0, 0.1) is 0 Å². The van der Waals surface area contributed by atoms with Gasteiger partial charge in [-0.3, -0.25) is 0 Å². The highest BCUT2D eigenvalue weighted by Gasteiger charge is 2.24. The maximum Gasteiger partial charge on any atom is 0.407 e. The predicted molar refractivity (Wildman–Crippen MR) is 93.7 cm³/mol. The van der Waals surface area contributed by atoms with Crippen molar-refractivity contribution in [2.24, 2.45) is 0 Å². The largest absolute Gasteiger partial charge is 0.444 e. The SMILES string of the molecule is CCCCC(CNC(=O)OC(C)(C)C)NC1CCOC(CC)C1. The molecule has 1 rings (SSSR count). The van der Waals surface area contributed by atoms with Crippen LogP contribution in [-0.4, -0.2) is 43.0 Å². The summed E-state index contributed by atoms with van der Waals surface area (Å²) in [5.74, 6) is 0. The lowest BCUT2D eigenvalue weighted by Gasteiger charge is -2.33. The first-order valence-corrected chi connectivity index (χ1v) is 9.18. The molecule has 5 heteroatoms. The van der Waals surface area contributed by atoms with E-state index in [-0.39, 0.29) is 6.09 Å². The molecule has 0 aromatic carbocycles. The Bertz CT molecular complexity index is 342.